The summed E-state index contributed by atoms with van der Waals surface area (Å²) in [6.45, 7) is 4.00. The van der Waals surface area contributed by atoms with Crippen molar-refractivity contribution in [1.82, 2.24) is 0 Å². The van der Waals surface area contributed by atoms with Crippen LogP contribution in [-0.4, -0.2) is 17.1 Å². The summed E-state index contributed by atoms with van der Waals surface area (Å²) in [6, 6.07) is 0. The highest BCUT2D eigenvalue weighted by atomic mass is 19.3. The summed E-state index contributed by atoms with van der Waals surface area (Å²) < 4.78 is 24.7. The standard InChI is InChI=1S/C6H10F2O.C2H6/c7-6(8)4-2-1-3-5(6)9;1-2/h5,9H,1-4H2;1-2H3. The molecule has 1 aliphatic carbocycles. The molecule has 0 aromatic heterocycles. The van der Waals surface area contributed by atoms with Gasteiger partial charge in [-0.2, -0.15) is 0 Å². The average Bonchev–Trinajstić information content (AvgIpc) is 2.00. The minimum absolute atomic E-state index is 0.145. The van der Waals surface area contributed by atoms with Crippen LogP contribution in [0.1, 0.15) is 39.5 Å². The van der Waals surface area contributed by atoms with Crippen LogP contribution in [-0.2, 0) is 0 Å². The Hall–Kier alpha value is -0.180. The number of alkyl halides is 2. The maximum absolute atomic E-state index is 12.3. The van der Waals surface area contributed by atoms with E-state index >= 15 is 0 Å². The van der Waals surface area contributed by atoms with Crippen LogP contribution in [0.5, 0.6) is 0 Å². The fourth-order valence-electron chi connectivity index (χ4n) is 1.08. The first kappa shape index (κ1) is 10.8. The van der Waals surface area contributed by atoms with Crippen molar-refractivity contribution >= 4 is 0 Å². The summed E-state index contributed by atoms with van der Waals surface area (Å²) in [5.74, 6) is -2.81. The van der Waals surface area contributed by atoms with Crippen LogP contribution in [0.3, 0.4) is 0 Å². The van der Waals surface area contributed by atoms with E-state index in [1.54, 1.807) is 0 Å². The van der Waals surface area contributed by atoms with E-state index in [0.717, 1.165) is 6.42 Å². The molecule has 1 N–H and O–H groups in total. The Morgan fingerprint density at radius 3 is 2.09 bits per heavy atom. The van der Waals surface area contributed by atoms with Crippen molar-refractivity contribution in [2.75, 3.05) is 0 Å². The number of hydrogen-bond acceptors (Lipinski definition) is 1. The minimum atomic E-state index is -2.81. The minimum Gasteiger partial charge on any atom is -0.387 e. The van der Waals surface area contributed by atoms with Gasteiger partial charge < -0.3 is 5.11 Å². The summed E-state index contributed by atoms with van der Waals surface area (Å²) in [4.78, 5) is 0. The number of halogens is 2. The van der Waals surface area contributed by atoms with Crippen LogP contribution in [0.2, 0.25) is 0 Å². The Morgan fingerprint density at radius 2 is 1.82 bits per heavy atom. The number of aliphatic hydroxyl groups excluding tert-OH is 1. The monoisotopic (exact) mass is 166 g/mol. The second-order valence-electron chi connectivity index (χ2n) is 2.52. The van der Waals surface area contributed by atoms with Gasteiger partial charge in [-0.05, 0) is 12.8 Å². The molecule has 0 saturated heterocycles. The van der Waals surface area contributed by atoms with Gasteiger partial charge in [0.1, 0.15) is 6.10 Å². The summed E-state index contributed by atoms with van der Waals surface area (Å²) in [6.07, 6.45) is 0.00775. The summed E-state index contributed by atoms with van der Waals surface area (Å²) in [5, 5.41) is 8.69. The molecule has 11 heavy (non-hydrogen) atoms. The zero-order valence-corrected chi connectivity index (χ0v) is 7.11. The van der Waals surface area contributed by atoms with Gasteiger partial charge in [0, 0.05) is 6.42 Å². The lowest BCUT2D eigenvalue weighted by Crippen LogP contribution is -2.36. The first-order chi connectivity index (χ1) is 5.13. The van der Waals surface area contributed by atoms with Crippen molar-refractivity contribution in [2.24, 2.45) is 0 Å². The Balaban J connectivity index is 0.000000461. The SMILES string of the molecule is CC.OC1CCCCC1(F)F. The molecular formula is C8H16F2O. The highest BCUT2D eigenvalue weighted by molar-refractivity contribution is 4.80. The van der Waals surface area contributed by atoms with Gasteiger partial charge in [0.2, 0.25) is 0 Å². The van der Waals surface area contributed by atoms with Crippen molar-refractivity contribution in [3.8, 4) is 0 Å². The van der Waals surface area contributed by atoms with Gasteiger partial charge in [-0.25, -0.2) is 8.78 Å². The normalized spacial score (nSPS) is 28.6. The van der Waals surface area contributed by atoms with Gasteiger partial charge in [-0.15, -0.1) is 0 Å². The third-order valence-electron chi connectivity index (χ3n) is 1.73. The van der Waals surface area contributed by atoms with Gasteiger partial charge in [-0.3, -0.25) is 0 Å². The van der Waals surface area contributed by atoms with Gasteiger partial charge >= 0.3 is 0 Å². The van der Waals surface area contributed by atoms with Gasteiger partial charge in [-0.1, -0.05) is 20.3 Å². The summed E-state index contributed by atoms with van der Waals surface area (Å²) in [5.41, 5.74) is 0. The molecule has 0 heterocycles. The Labute approximate surface area is 66.4 Å². The van der Waals surface area contributed by atoms with Gasteiger partial charge in [0.15, 0.2) is 0 Å². The molecular weight excluding hydrogens is 150 g/mol. The first-order valence-corrected chi connectivity index (χ1v) is 4.19. The van der Waals surface area contributed by atoms with E-state index in [1.165, 1.54) is 0 Å². The zero-order chi connectivity index (χ0) is 8.91. The summed E-state index contributed by atoms with van der Waals surface area (Å²) >= 11 is 0. The van der Waals surface area contributed by atoms with Crippen molar-refractivity contribution < 1.29 is 13.9 Å². The van der Waals surface area contributed by atoms with Gasteiger partial charge in [0.05, 0.1) is 0 Å². The second-order valence-corrected chi connectivity index (χ2v) is 2.52. The van der Waals surface area contributed by atoms with E-state index in [1.807, 2.05) is 13.8 Å². The lowest BCUT2D eigenvalue weighted by Gasteiger charge is -2.26. The molecule has 68 valence electrons. The van der Waals surface area contributed by atoms with Crippen LogP contribution >= 0.6 is 0 Å². The van der Waals surface area contributed by atoms with E-state index in [-0.39, 0.29) is 12.8 Å². The maximum atomic E-state index is 12.3. The first-order valence-electron chi connectivity index (χ1n) is 4.19. The fraction of sp³-hybridized carbons (Fsp3) is 1.00. The third kappa shape index (κ3) is 3.14. The summed E-state index contributed by atoms with van der Waals surface area (Å²) in [7, 11) is 0. The van der Waals surface area contributed by atoms with Crippen LogP contribution in [0.25, 0.3) is 0 Å². The van der Waals surface area contributed by atoms with Crippen LogP contribution in [0.4, 0.5) is 8.78 Å². The fourth-order valence-corrected chi connectivity index (χ4v) is 1.08. The van der Waals surface area contributed by atoms with Gasteiger partial charge in [0.25, 0.3) is 5.92 Å². The average molecular weight is 166 g/mol. The lowest BCUT2D eigenvalue weighted by molar-refractivity contribution is -0.130. The molecule has 0 radical (unpaired) electrons. The second kappa shape index (κ2) is 4.65. The number of rotatable bonds is 0. The van der Waals surface area contributed by atoms with Crippen molar-refractivity contribution in [3.05, 3.63) is 0 Å². The highest BCUT2D eigenvalue weighted by Gasteiger charge is 2.39. The van der Waals surface area contributed by atoms with E-state index < -0.39 is 12.0 Å². The van der Waals surface area contributed by atoms with Crippen molar-refractivity contribution in [2.45, 2.75) is 51.6 Å². The van der Waals surface area contributed by atoms with Crippen molar-refractivity contribution in [1.29, 1.82) is 0 Å². The molecule has 1 atom stereocenters. The Bertz CT molecular complexity index is 104. The molecule has 0 amide bonds. The molecule has 1 saturated carbocycles. The molecule has 0 bridgehead atoms. The highest BCUT2D eigenvalue weighted by Crippen LogP contribution is 2.32. The van der Waals surface area contributed by atoms with Crippen LogP contribution < -0.4 is 0 Å². The smallest absolute Gasteiger partial charge is 0.273 e. The number of aliphatic hydroxyl groups is 1. The Morgan fingerprint density at radius 1 is 1.27 bits per heavy atom. The largest absolute Gasteiger partial charge is 0.387 e. The molecule has 0 aromatic rings. The molecule has 1 rings (SSSR count). The number of hydrogen-bond donors (Lipinski definition) is 1. The molecule has 0 spiro atoms. The van der Waals surface area contributed by atoms with Crippen LogP contribution in [0.15, 0.2) is 0 Å². The van der Waals surface area contributed by atoms with Crippen molar-refractivity contribution in [3.63, 3.8) is 0 Å². The molecule has 1 nitrogen and oxygen atoms in total. The van der Waals surface area contributed by atoms with E-state index in [4.69, 9.17) is 5.11 Å². The predicted octanol–water partition coefficient (Wildman–Crippen LogP) is 2.58. The molecule has 1 unspecified atom stereocenters. The lowest BCUT2D eigenvalue weighted by atomic mass is 9.94. The quantitative estimate of drug-likeness (QED) is 0.586. The predicted molar refractivity (Wildman–Crippen MR) is 40.8 cm³/mol. The molecule has 1 aliphatic rings. The third-order valence-corrected chi connectivity index (χ3v) is 1.73. The van der Waals surface area contributed by atoms with E-state index in [0.29, 0.717) is 6.42 Å². The Kier molecular flexibility index (Phi) is 4.57. The molecule has 3 heteroatoms. The van der Waals surface area contributed by atoms with E-state index in [9.17, 15) is 8.78 Å². The molecule has 0 aliphatic heterocycles. The van der Waals surface area contributed by atoms with E-state index in [2.05, 4.69) is 0 Å². The topological polar surface area (TPSA) is 20.2 Å². The van der Waals surface area contributed by atoms with Crippen LogP contribution in [0, 0.1) is 0 Å². The molecule has 0 aromatic carbocycles. The maximum Gasteiger partial charge on any atom is 0.273 e. The zero-order valence-electron chi connectivity index (χ0n) is 7.11. The molecule has 1 fully saturated rings.